The molecule has 8 heteroatoms. The minimum Gasteiger partial charge on any atom is -0.493 e. The van der Waals surface area contributed by atoms with Gasteiger partial charge >= 0.3 is 0 Å². The highest BCUT2D eigenvalue weighted by atomic mass is 16.5. The third-order valence-corrected chi connectivity index (χ3v) is 6.39. The van der Waals surface area contributed by atoms with Crippen LogP contribution in [0.1, 0.15) is 49.3 Å². The zero-order valence-electron chi connectivity index (χ0n) is 20.8. The van der Waals surface area contributed by atoms with Crippen molar-refractivity contribution in [3.05, 3.63) is 46.9 Å². The Kier molecular flexibility index (Phi) is 8.73. The second-order valence-electron chi connectivity index (χ2n) is 8.45. The lowest BCUT2D eigenvalue weighted by Gasteiger charge is -2.33. The lowest BCUT2D eigenvalue weighted by molar-refractivity contribution is -0.139. The summed E-state index contributed by atoms with van der Waals surface area (Å²) in [4.78, 5) is 28.9. The van der Waals surface area contributed by atoms with Gasteiger partial charge in [0, 0.05) is 38.2 Å². The number of carbonyl (C=O) groups excluding carboxylic acids is 2. The van der Waals surface area contributed by atoms with Gasteiger partial charge in [-0.3, -0.25) is 9.59 Å². The summed E-state index contributed by atoms with van der Waals surface area (Å²) in [6, 6.07) is 5.54. The first-order valence-electron chi connectivity index (χ1n) is 11.9. The van der Waals surface area contributed by atoms with Crippen molar-refractivity contribution in [3.63, 3.8) is 0 Å². The SMILES string of the molecule is CCN(CC)C(=O)C1CCN(C(=O)/C=C/c2ccc(OCc3c(C)noc3C)c(OC)c2)CC1. The average molecular weight is 470 g/mol. The molecular weight excluding hydrogens is 434 g/mol. The molecule has 0 unspecified atom stereocenters. The molecule has 0 aliphatic carbocycles. The first-order chi connectivity index (χ1) is 16.4. The van der Waals surface area contributed by atoms with E-state index in [4.69, 9.17) is 14.0 Å². The van der Waals surface area contributed by atoms with Gasteiger partial charge in [0.15, 0.2) is 11.5 Å². The molecule has 1 aliphatic heterocycles. The van der Waals surface area contributed by atoms with Crippen molar-refractivity contribution >= 4 is 17.9 Å². The summed E-state index contributed by atoms with van der Waals surface area (Å²) in [7, 11) is 1.58. The highest BCUT2D eigenvalue weighted by Crippen LogP contribution is 2.30. The number of nitrogens with zero attached hydrogens (tertiary/aromatic N) is 3. The van der Waals surface area contributed by atoms with E-state index in [0.29, 0.717) is 44.0 Å². The third kappa shape index (κ3) is 5.98. The molecule has 1 fully saturated rings. The van der Waals surface area contributed by atoms with E-state index in [-0.39, 0.29) is 17.7 Å². The molecule has 0 atom stereocenters. The predicted molar refractivity (Wildman–Crippen MR) is 130 cm³/mol. The Morgan fingerprint density at radius 3 is 2.47 bits per heavy atom. The monoisotopic (exact) mass is 469 g/mol. The molecule has 2 aromatic rings. The van der Waals surface area contributed by atoms with Gasteiger partial charge in [-0.15, -0.1) is 0 Å². The second kappa shape index (κ2) is 11.7. The van der Waals surface area contributed by atoms with Crippen LogP contribution >= 0.6 is 0 Å². The number of benzene rings is 1. The van der Waals surface area contributed by atoms with Crippen LogP contribution < -0.4 is 9.47 Å². The number of amides is 2. The molecule has 1 aliphatic rings. The van der Waals surface area contributed by atoms with Crippen LogP contribution in [-0.2, 0) is 16.2 Å². The molecule has 0 saturated carbocycles. The van der Waals surface area contributed by atoms with E-state index in [9.17, 15) is 9.59 Å². The second-order valence-corrected chi connectivity index (χ2v) is 8.45. The molecule has 184 valence electrons. The summed E-state index contributed by atoms with van der Waals surface area (Å²) >= 11 is 0. The molecule has 0 spiro atoms. The Balaban J connectivity index is 1.57. The average Bonchev–Trinajstić information content (AvgIpc) is 3.18. The number of methoxy groups -OCH3 is 1. The van der Waals surface area contributed by atoms with Crippen molar-refractivity contribution in [3.8, 4) is 11.5 Å². The third-order valence-electron chi connectivity index (χ3n) is 6.39. The summed E-state index contributed by atoms with van der Waals surface area (Å²) in [5.74, 6) is 2.08. The van der Waals surface area contributed by atoms with Crippen LogP contribution in [0.2, 0.25) is 0 Å². The summed E-state index contributed by atoms with van der Waals surface area (Å²) < 4.78 is 16.6. The fraction of sp³-hybridized carbons (Fsp3) is 0.500. The fourth-order valence-electron chi connectivity index (χ4n) is 4.18. The van der Waals surface area contributed by atoms with E-state index in [1.807, 2.05) is 50.8 Å². The Morgan fingerprint density at radius 1 is 1.18 bits per heavy atom. The van der Waals surface area contributed by atoms with Crippen molar-refractivity contribution in [2.24, 2.45) is 5.92 Å². The maximum absolute atomic E-state index is 12.7. The number of ether oxygens (including phenoxy) is 2. The molecular formula is C26H35N3O5. The molecule has 8 nitrogen and oxygen atoms in total. The molecule has 1 aromatic heterocycles. The zero-order valence-corrected chi connectivity index (χ0v) is 20.8. The van der Waals surface area contributed by atoms with Crippen LogP contribution in [0.3, 0.4) is 0 Å². The van der Waals surface area contributed by atoms with Crippen molar-refractivity contribution in [2.75, 3.05) is 33.3 Å². The van der Waals surface area contributed by atoms with E-state index in [2.05, 4.69) is 5.16 Å². The van der Waals surface area contributed by atoms with E-state index in [1.54, 1.807) is 24.2 Å². The van der Waals surface area contributed by atoms with Gasteiger partial charge in [-0.25, -0.2) is 0 Å². The molecule has 3 rings (SSSR count). The maximum atomic E-state index is 12.7. The normalized spacial score (nSPS) is 14.4. The van der Waals surface area contributed by atoms with E-state index in [0.717, 1.165) is 35.7 Å². The minimum atomic E-state index is -0.0496. The summed E-state index contributed by atoms with van der Waals surface area (Å²) in [6.45, 7) is 10.7. The van der Waals surface area contributed by atoms with Gasteiger partial charge in [0.1, 0.15) is 12.4 Å². The molecule has 1 aromatic carbocycles. The maximum Gasteiger partial charge on any atom is 0.246 e. The van der Waals surface area contributed by atoms with Gasteiger partial charge in [0.2, 0.25) is 11.8 Å². The zero-order chi connectivity index (χ0) is 24.7. The number of carbonyl (C=O) groups is 2. The first kappa shape index (κ1) is 25.3. The van der Waals surface area contributed by atoms with Gasteiger partial charge in [0.05, 0.1) is 18.4 Å². The van der Waals surface area contributed by atoms with E-state index < -0.39 is 0 Å². The van der Waals surface area contributed by atoms with Crippen molar-refractivity contribution < 1.29 is 23.6 Å². The van der Waals surface area contributed by atoms with Crippen molar-refractivity contribution in [1.29, 1.82) is 0 Å². The number of aromatic nitrogens is 1. The molecule has 2 heterocycles. The topological polar surface area (TPSA) is 85.1 Å². The van der Waals surface area contributed by atoms with Crippen LogP contribution in [0.15, 0.2) is 28.8 Å². The van der Waals surface area contributed by atoms with Gasteiger partial charge in [-0.1, -0.05) is 11.2 Å². The van der Waals surface area contributed by atoms with Crippen LogP contribution in [0.5, 0.6) is 11.5 Å². The number of aryl methyl sites for hydroxylation is 2. The van der Waals surface area contributed by atoms with Crippen LogP contribution in [0.4, 0.5) is 0 Å². The Labute approximate surface area is 201 Å². The lowest BCUT2D eigenvalue weighted by atomic mass is 9.95. The molecule has 0 bridgehead atoms. The standard InChI is InChI=1S/C26H35N3O5/c1-6-28(7-2)26(31)21-12-14-29(15-13-21)25(30)11-9-20-8-10-23(24(16-20)32-5)33-17-22-18(3)27-34-19(22)4/h8-11,16,21H,6-7,12-15,17H2,1-5H3/b11-9+. The predicted octanol–water partition coefficient (Wildman–Crippen LogP) is 4.00. The number of hydrogen-bond donors (Lipinski definition) is 0. The van der Waals surface area contributed by atoms with Gasteiger partial charge < -0.3 is 23.8 Å². The van der Waals surface area contributed by atoms with E-state index >= 15 is 0 Å². The molecule has 2 amide bonds. The first-order valence-corrected chi connectivity index (χ1v) is 11.9. The largest absolute Gasteiger partial charge is 0.493 e. The summed E-state index contributed by atoms with van der Waals surface area (Å²) in [6.07, 6.45) is 4.77. The fourth-order valence-corrected chi connectivity index (χ4v) is 4.18. The number of piperidine rings is 1. The Morgan fingerprint density at radius 2 is 1.88 bits per heavy atom. The molecule has 1 saturated heterocycles. The van der Waals surface area contributed by atoms with Gasteiger partial charge in [0.25, 0.3) is 0 Å². The van der Waals surface area contributed by atoms with Crippen molar-refractivity contribution in [1.82, 2.24) is 15.0 Å². The number of rotatable bonds is 9. The Hall–Kier alpha value is -3.29. The van der Waals surface area contributed by atoms with E-state index in [1.165, 1.54) is 0 Å². The van der Waals surface area contributed by atoms with Crippen LogP contribution in [-0.4, -0.2) is 60.1 Å². The smallest absolute Gasteiger partial charge is 0.246 e. The highest BCUT2D eigenvalue weighted by Gasteiger charge is 2.28. The van der Waals surface area contributed by atoms with Gasteiger partial charge in [-0.05, 0) is 64.3 Å². The lowest BCUT2D eigenvalue weighted by Crippen LogP contribution is -2.44. The Bertz CT molecular complexity index is 998. The van der Waals surface area contributed by atoms with Crippen LogP contribution in [0, 0.1) is 19.8 Å². The summed E-state index contributed by atoms with van der Waals surface area (Å²) in [5, 5.41) is 3.94. The highest BCUT2D eigenvalue weighted by molar-refractivity contribution is 5.92. The molecule has 34 heavy (non-hydrogen) atoms. The molecule has 0 radical (unpaired) electrons. The van der Waals surface area contributed by atoms with Crippen molar-refractivity contribution in [2.45, 2.75) is 47.1 Å². The molecule has 0 N–H and O–H groups in total. The number of likely N-dealkylation sites (tertiary alicyclic amines) is 1. The minimum absolute atomic E-state index is 0.00939. The number of hydrogen-bond acceptors (Lipinski definition) is 6. The van der Waals surface area contributed by atoms with Gasteiger partial charge in [-0.2, -0.15) is 0 Å². The van der Waals surface area contributed by atoms with Crippen LogP contribution in [0.25, 0.3) is 6.08 Å². The summed E-state index contributed by atoms with van der Waals surface area (Å²) in [5.41, 5.74) is 2.55. The quantitative estimate of drug-likeness (QED) is 0.516.